The lowest BCUT2D eigenvalue weighted by Gasteiger charge is -2.36. The molecule has 0 aliphatic heterocycles. The summed E-state index contributed by atoms with van der Waals surface area (Å²) in [7, 11) is 0. The second-order valence-corrected chi connectivity index (χ2v) is 5.44. The van der Waals surface area contributed by atoms with Gasteiger partial charge >= 0.3 is 12.2 Å². The van der Waals surface area contributed by atoms with E-state index in [2.05, 4.69) is 15.6 Å². The smallest absolute Gasteiger partial charge is 0.391 e. The molecule has 2 amide bonds. The number of nitrogens with zero attached hydrogens (tertiary/aromatic N) is 1. The predicted molar refractivity (Wildman–Crippen MR) is 73.7 cm³/mol. The van der Waals surface area contributed by atoms with Crippen molar-refractivity contribution in [2.45, 2.75) is 38.0 Å². The van der Waals surface area contributed by atoms with Gasteiger partial charge in [0.2, 0.25) is 5.88 Å². The summed E-state index contributed by atoms with van der Waals surface area (Å²) in [6.07, 6.45) is -5.76. The third-order valence-corrected chi connectivity index (χ3v) is 3.55. The van der Waals surface area contributed by atoms with Crippen molar-refractivity contribution in [1.29, 1.82) is 0 Å². The summed E-state index contributed by atoms with van der Waals surface area (Å²) in [6.45, 7) is -0.721. The van der Waals surface area contributed by atoms with Gasteiger partial charge in [0.05, 0.1) is 5.92 Å². The molecule has 1 heterocycles. The minimum atomic E-state index is -4.22. The van der Waals surface area contributed by atoms with Crippen molar-refractivity contribution in [2.75, 3.05) is 6.61 Å². The van der Waals surface area contributed by atoms with Gasteiger partial charge in [-0.15, -0.1) is 0 Å². The minimum Gasteiger partial charge on any atom is -0.472 e. The Labute approximate surface area is 134 Å². The zero-order valence-corrected chi connectivity index (χ0v) is 12.4. The summed E-state index contributed by atoms with van der Waals surface area (Å²) in [5.74, 6) is -1.36. The van der Waals surface area contributed by atoms with Crippen molar-refractivity contribution in [3.63, 3.8) is 0 Å². The number of halogens is 5. The highest BCUT2D eigenvalue weighted by Gasteiger charge is 2.48. The van der Waals surface area contributed by atoms with Crippen LogP contribution in [0.3, 0.4) is 0 Å². The molecule has 10 heteroatoms. The van der Waals surface area contributed by atoms with Crippen LogP contribution in [0.2, 0.25) is 0 Å². The first-order valence-corrected chi connectivity index (χ1v) is 7.21. The molecule has 0 radical (unpaired) electrons. The van der Waals surface area contributed by atoms with Crippen molar-refractivity contribution in [1.82, 2.24) is 15.6 Å². The summed E-state index contributed by atoms with van der Waals surface area (Å²) in [6, 6.07) is 1.86. The summed E-state index contributed by atoms with van der Waals surface area (Å²) < 4.78 is 65.9. The average Bonchev–Trinajstić information content (AvgIpc) is 2.45. The molecule has 1 aliphatic rings. The van der Waals surface area contributed by atoms with E-state index in [1.54, 1.807) is 6.07 Å². The molecular formula is C14H16F5N3O2. The normalized spacial score (nSPS) is 20.4. The zero-order valence-electron chi connectivity index (χ0n) is 12.4. The lowest BCUT2D eigenvalue weighted by molar-refractivity contribution is -0.198. The summed E-state index contributed by atoms with van der Waals surface area (Å²) >= 11 is 0. The highest BCUT2D eigenvalue weighted by Crippen LogP contribution is 2.40. The minimum absolute atomic E-state index is 0.00187. The number of urea groups is 1. The van der Waals surface area contributed by atoms with E-state index in [1.807, 2.05) is 0 Å². The molecule has 2 rings (SSSR count). The van der Waals surface area contributed by atoms with E-state index >= 15 is 0 Å². The number of carbonyl (C=O) groups excluding carboxylic acids is 1. The van der Waals surface area contributed by atoms with Crippen LogP contribution in [-0.4, -0.2) is 36.3 Å². The first-order valence-electron chi connectivity index (χ1n) is 7.21. The Morgan fingerprint density at radius 2 is 2.08 bits per heavy atom. The van der Waals surface area contributed by atoms with E-state index in [4.69, 9.17) is 4.74 Å². The number of nitrogens with one attached hydrogen (secondary N) is 2. The van der Waals surface area contributed by atoms with E-state index in [9.17, 15) is 26.7 Å². The van der Waals surface area contributed by atoms with Gasteiger partial charge in [0.15, 0.2) is 6.61 Å². The van der Waals surface area contributed by atoms with Crippen LogP contribution in [-0.2, 0) is 6.54 Å². The van der Waals surface area contributed by atoms with E-state index < -0.39 is 37.2 Å². The first-order chi connectivity index (χ1) is 11.2. The highest BCUT2D eigenvalue weighted by molar-refractivity contribution is 5.74. The van der Waals surface area contributed by atoms with Crippen molar-refractivity contribution >= 4 is 6.03 Å². The lowest BCUT2D eigenvalue weighted by atomic mass is 9.80. The molecule has 0 spiro atoms. The largest absolute Gasteiger partial charge is 0.472 e. The molecule has 0 atom stereocenters. The van der Waals surface area contributed by atoms with Crippen LogP contribution < -0.4 is 15.4 Å². The molecular weight excluding hydrogens is 337 g/mol. The fourth-order valence-electron chi connectivity index (χ4n) is 2.21. The number of hydrogen-bond acceptors (Lipinski definition) is 3. The van der Waals surface area contributed by atoms with E-state index in [1.165, 1.54) is 12.3 Å². The molecule has 1 aromatic heterocycles. The molecule has 134 valence electrons. The Morgan fingerprint density at radius 1 is 1.38 bits per heavy atom. The number of ether oxygens (including phenoxy) is 1. The number of pyridine rings is 1. The molecule has 1 saturated carbocycles. The van der Waals surface area contributed by atoms with Gasteiger partial charge in [-0.2, -0.15) is 13.2 Å². The Balaban J connectivity index is 1.71. The van der Waals surface area contributed by atoms with Gasteiger partial charge in [-0.3, -0.25) is 0 Å². The number of carbonyl (C=O) groups is 1. The zero-order chi connectivity index (χ0) is 17.7. The lowest BCUT2D eigenvalue weighted by Crippen LogP contribution is -2.51. The molecule has 1 fully saturated rings. The van der Waals surface area contributed by atoms with Gasteiger partial charge < -0.3 is 15.4 Å². The third kappa shape index (κ3) is 5.50. The molecule has 5 nitrogen and oxygen atoms in total. The summed E-state index contributed by atoms with van der Waals surface area (Å²) in [4.78, 5) is 15.4. The van der Waals surface area contributed by atoms with Crippen LogP contribution in [0, 0.1) is 5.92 Å². The number of alkyl halides is 5. The van der Waals surface area contributed by atoms with Crippen LogP contribution in [0.25, 0.3) is 0 Å². The van der Waals surface area contributed by atoms with E-state index in [-0.39, 0.29) is 25.3 Å². The Morgan fingerprint density at radius 3 is 2.71 bits per heavy atom. The average molecular weight is 353 g/mol. The quantitative estimate of drug-likeness (QED) is 0.773. The van der Waals surface area contributed by atoms with Gasteiger partial charge in [-0.1, -0.05) is 0 Å². The molecule has 0 unspecified atom stereocenters. The second kappa shape index (κ2) is 7.63. The molecule has 24 heavy (non-hydrogen) atoms. The number of amides is 2. The Bertz CT molecular complexity index is 562. The van der Waals surface area contributed by atoms with E-state index in [0.717, 1.165) is 0 Å². The number of rotatable bonds is 6. The fourth-order valence-corrected chi connectivity index (χ4v) is 2.21. The first kappa shape index (κ1) is 18.2. The molecule has 1 aromatic rings. The van der Waals surface area contributed by atoms with Crippen molar-refractivity contribution in [3.05, 3.63) is 23.9 Å². The molecule has 0 saturated heterocycles. The molecule has 0 bridgehead atoms. The van der Waals surface area contributed by atoms with Gasteiger partial charge in [0.25, 0.3) is 6.43 Å². The van der Waals surface area contributed by atoms with Crippen LogP contribution in [0.4, 0.5) is 26.7 Å². The van der Waals surface area contributed by atoms with Crippen molar-refractivity contribution in [2.24, 2.45) is 5.92 Å². The van der Waals surface area contributed by atoms with Crippen LogP contribution in [0.15, 0.2) is 18.3 Å². The molecule has 0 aromatic carbocycles. The van der Waals surface area contributed by atoms with Crippen molar-refractivity contribution < 1.29 is 31.5 Å². The SMILES string of the molecule is O=C(NCc1ccnc(OCC(F)F)c1)N[C@H]1C[C@H](C(F)(F)F)C1. The fraction of sp³-hybridized carbons (Fsp3) is 0.571. The van der Waals surface area contributed by atoms with Gasteiger partial charge in [-0.25, -0.2) is 18.6 Å². The molecule has 1 aliphatic carbocycles. The number of hydrogen-bond donors (Lipinski definition) is 2. The summed E-state index contributed by atoms with van der Waals surface area (Å²) in [5, 5.41) is 4.93. The van der Waals surface area contributed by atoms with Crippen LogP contribution in [0.5, 0.6) is 5.88 Å². The maximum absolute atomic E-state index is 12.3. The standard InChI is InChI=1S/C14H16F5N3O2/c15-11(16)7-24-12-3-8(1-2-20-12)6-21-13(23)22-10-4-9(5-10)14(17,18)19/h1-3,9-11H,4-7H2,(H2,21,22,23)/t9-,10-. The van der Waals surface area contributed by atoms with Gasteiger partial charge in [-0.05, 0) is 24.5 Å². The van der Waals surface area contributed by atoms with Crippen molar-refractivity contribution in [3.8, 4) is 5.88 Å². The Kier molecular flexibility index (Phi) is 5.79. The van der Waals surface area contributed by atoms with Gasteiger partial charge in [0.1, 0.15) is 0 Å². The highest BCUT2D eigenvalue weighted by atomic mass is 19.4. The number of aromatic nitrogens is 1. The maximum atomic E-state index is 12.3. The topological polar surface area (TPSA) is 63.2 Å². The monoisotopic (exact) mass is 353 g/mol. The summed E-state index contributed by atoms with van der Waals surface area (Å²) in [5.41, 5.74) is 0.561. The second-order valence-electron chi connectivity index (χ2n) is 5.44. The third-order valence-electron chi connectivity index (χ3n) is 3.55. The Hall–Kier alpha value is -2.13. The molecule has 2 N–H and O–H groups in total. The van der Waals surface area contributed by atoms with E-state index in [0.29, 0.717) is 5.56 Å². The van der Waals surface area contributed by atoms with Crippen LogP contribution >= 0.6 is 0 Å². The van der Waals surface area contributed by atoms with Crippen LogP contribution in [0.1, 0.15) is 18.4 Å². The maximum Gasteiger partial charge on any atom is 0.391 e. The predicted octanol–water partition coefficient (Wildman–Crippen LogP) is 2.87. The van der Waals surface area contributed by atoms with Gasteiger partial charge in [0, 0.05) is 24.8 Å².